The highest BCUT2D eigenvalue weighted by Crippen LogP contribution is 2.27. The van der Waals surface area contributed by atoms with Crippen LogP contribution in [0.25, 0.3) is 10.8 Å². The molecule has 1 aliphatic rings. The Balaban J connectivity index is 1.89. The van der Waals surface area contributed by atoms with E-state index in [1.807, 2.05) is 18.5 Å². The van der Waals surface area contributed by atoms with Gasteiger partial charge in [0, 0.05) is 28.9 Å². The van der Waals surface area contributed by atoms with Gasteiger partial charge in [-0.2, -0.15) is 0 Å². The topological polar surface area (TPSA) is 50.9 Å². The summed E-state index contributed by atoms with van der Waals surface area (Å²) < 4.78 is 0. The molecule has 2 aromatic rings. The van der Waals surface area contributed by atoms with Crippen molar-refractivity contribution in [2.45, 2.75) is 19.3 Å². The fourth-order valence-corrected chi connectivity index (χ4v) is 2.83. The fraction of sp³-hybridized carbons (Fsp3) is 0.400. The second kappa shape index (κ2) is 4.94. The summed E-state index contributed by atoms with van der Waals surface area (Å²) in [6.07, 6.45) is 7.35. The van der Waals surface area contributed by atoms with Gasteiger partial charge in [-0.3, -0.25) is 4.98 Å². The number of benzene rings is 1. The lowest BCUT2D eigenvalue weighted by Gasteiger charge is -2.23. The van der Waals surface area contributed by atoms with E-state index in [-0.39, 0.29) is 0 Å². The number of hydrogen-bond acceptors (Lipinski definition) is 3. The van der Waals surface area contributed by atoms with E-state index in [4.69, 9.17) is 5.73 Å². The lowest BCUT2D eigenvalue weighted by atomic mass is 9.90. The monoisotopic (exact) mass is 241 g/mol. The number of aromatic nitrogens is 1. The van der Waals surface area contributed by atoms with E-state index in [9.17, 15) is 0 Å². The molecule has 3 nitrogen and oxygen atoms in total. The largest absolute Gasteiger partial charge is 0.398 e. The Hall–Kier alpha value is -1.61. The number of piperidine rings is 1. The SMILES string of the molecule is Nc1c(CC2CCCNC2)ccc2cnccc12. The maximum atomic E-state index is 6.29. The number of nitrogens with zero attached hydrogens (tertiary/aromatic N) is 1. The third kappa shape index (κ3) is 2.18. The number of anilines is 1. The molecule has 1 aromatic carbocycles. The number of hydrogen-bond donors (Lipinski definition) is 2. The zero-order valence-corrected chi connectivity index (χ0v) is 10.5. The number of nitrogens with one attached hydrogen (secondary N) is 1. The molecule has 1 saturated heterocycles. The molecule has 3 rings (SSSR count). The standard InChI is InChI=1S/C15H19N3/c16-15-12(8-11-2-1-6-17-9-11)3-4-13-10-18-7-5-14(13)15/h3-5,7,10-11,17H,1-2,6,8-9,16H2. The molecular formula is C15H19N3. The van der Waals surface area contributed by atoms with E-state index in [1.165, 1.54) is 18.4 Å². The highest BCUT2D eigenvalue weighted by Gasteiger charge is 2.15. The van der Waals surface area contributed by atoms with Gasteiger partial charge in [0.15, 0.2) is 0 Å². The molecule has 2 heterocycles. The van der Waals surface area contributed by atoms with Crippen LogP contribution in [0.5, 0.6) is 0 Å². The number of pyridine rings is 1. The van der Waals surface area contributed by atoms with E-state index >= 15 is 0 Å². The third-order valence-electron chi connectivity index (χ3n) is 3.86. The van der Waals surface area contributed by atoms with E-state index < -0.39 is 0 Å². The molecule has 18 heavy (non-hydrogen) atoms. The van der Waals surface area contributed by atoms with Crippen molar-refractivity contribution in [3.05, 3.63) is 36.2 Å². The van der Waals surface area contributed by atoms with Crippen molar-refractivity contribution in [2.24, 2.45) is 5.92 Å². The van der Waals surface area contributed by atoms with Gasteiger partial charge in [-0.1, -0.05) is 12.1 Å². The highest BCUT2D eigenvalue weighted by molar-refractivity contribution is 5.93. The summed E-state index contributed by atoms with van der Waals surface area (Å²) in [7, 11) is 0. The summed E-state index contributed by atoms with van der Waals surface area (Å²) >= 11 is 0. The predicted octanol–water partition coefficient (Wildman–Crippen LogP) is 2.36. The van der Waals surface area contributed by atoms with Gasteiger partial charge in [0.05, 0.1) is 0 Å². The zero-order chi connectivity index (χ0) is 12.4. The molecule has 1 fully saturated rings. The molecule has 1 aliphatic heterocycles. The summed E-state index contributed by atoms with van der Waals surface area (Å²) in [5, 5.41) is 5.72. The predicted molar refractivity (Wildman–Crippen MR) is 75.5 cm³/mol. The third-order valence-corrected chi connectivity index (χ3v) is 3.86. The molecule has 0 aliphatic carbocycles. The molecule has 1 unspecified atom stereocenters. The number of nitrogen functional groups attached to an aromatic ring is 1. The van der Waals surface area contributed by atoms with Crippen molar-refractivity contribution in [3.63, 3.8) is 0 Å². The molecule has 3 heteroatoms. The smallest absolute Gasteiger partial charge is 0.0427 e. The molecule has 1 aromatic heterocycles. The quantitative estimate of drug-likeness (QED) is 0.794. The summed E-state index contributed by atoms with van der Waals surface area (Å²) in [5.41, 5.74) is 8.50. The molecule has 94 valence electrons. The van der Waals surface area contributed by atoms with E-state index in [0.717, 1.165) is 41.9 Å². The number of nitrogens with two attached hydrogens (primary N) is 1. The van der Waals surface area contributed by atoms with Crippen LogP contribution in [0, 0.1) is 5.92 Å². The Morgan fingerprint density at radius 3 is 3.11 bits per heavy atom. The molecular weight excluding hydrogens is 222 g/mol. The summed E-state index contributed by atoms with van der Waals surface area (Å²) in [6.45, 7) is 2.28. The van der Waals surface area contributed by atoms with Crippen LogP contribution < -0.4 is 11.1 Å². The average Bonchev–Trinajstić information content (AvgIpc) is 2.43. The van der Waals surface area contributed by atoms with Crippen LogP contribution in [0.4, 0.5) is 5.69 Å². The van der Waals surface area contributed by atoms with E-state index in [2.05, 4.69) is 22.4 Å². The molecule has 0 spiro atoms. The molecule has 1 atom stereocenters. The van der Waals surface area contributed by atoms with Gasteiger partial charge in [0.1, 0.15) is 0 Å². The fourth-order valence-electron chi connectivity index (χ4n) is 2.83. The van der Waals surface area contributed by atoms with Crippen molar-refractivity contribution >= 4 is 16.5 Å². The van der Waals surface area contributed by atoms with Crippen LogP contribution >= 0.6 is 0 Å². The van der Waals surface area contributed by atoms with E-state index in [1.54, 1.807) is 0 Å². The first kappa shape index (κ1) is 11.5. The van der Waals surface area contributed by atoms with Crippen LogP contribution in [0.15, 0.2) is 30.6 Å². The van der Waals surface area contributed by atoms with Gasteiger partial charge in [-0.05, 0) is 49.9 Å². The Kier molecular flexibility index (Phi) is 3.15. The van der Waals surface area contributed by atoms with Gasteiger partial charge in [-0.15, -0.1) is 0 Å². The van der Waals surface area contributed by atoms with Crippen molar-refractivity contribution in [1.29, 1.82) is 0 Å². The normalized spacial score (nSPS) is 20.1. The zero-order valence-electron chi connectivity index (χ0n) is 10.5. The maximum absolute atomic E-state index is 6.29. The Morgan fingerprint density at radius 2 is 2.28 bits per heavy atom. The summed E-state index contributed by atoms with van der Waals surface area (Å²) in [5.74, 6) is 0.723. The van der Waals surface area contributed by atoms with Crippen LogP contribution in [0.2, 0.25) is 0 Å². The van der Waals surface area contributed by atoms with Crippen LogP contribution in [0.1, 0.15) is 18.4 Å². The molecule has 0 bridgehead atoms. The lowest BCUT2D eigenvalue weighted by Crippen LogP contribution is -2.31. The van der Waals surface area contributed by atoms with Crippen LogP contribution in [-0.4, -0.2) is 18.1 Å². The minimum atomic E-state index is 0.723. The van der Waals surface area contributed by atoms with Crippen LogP contribution in [-0.2, 0) is 6.42 Å². The Morgan fingerprint density at radius 1 is 1.33 bits per heavy atom. The number of rotatable bonds is 2. The first-order valence-electron chi connectivity index (χ1n) is 6.66. The lowest BCUT2D eigenvalue weighted by molar-refractivity contribution is 0.376. The van der Waals surface area contributed by atoms with Gasteiger partial charge >= 0.3 is 0 Å². The first-order chi connectivity index (χ1) is 8.84. The molecule has 0 saturated carbocycles. The highest BCUT2D eigenvalue weighted by atomic mass is 14.9. The van der Waals surface area contributed by atoms with Crippen molar-refractivity contribution in [2.75, 3.05) is 18.8 Å². The second-order valence-electron chi connectivity index (χ2n) is 5.15. The minimum Gasteiger partial charge on any atom is -0.398 e. The average molecular weight is 241 g/mol. The van der Waals surface area contributed by atoms with Gasteiger partial charge in [0.2, 0.25) is 0 Å². The molecule has 0 amide bonds. The van der Waals surface area contributed by atoms with Gasteiger partial charge < -0.3 is 11.1 Å². The molecule has 3 N–H and O–H groups in total. The van der Waals surface area contributed by atoms with E-state index in [0.29, 0.717) is 0 Å². The summed E-state index contributed by atoms with van der Waals surface area (Å²) in [6, 6.07) is 6.30. The second-order valence-corrected chi connectivity index (χ2v) is 5.15. The van der Waals surface area contributed by atoms with Crippen molar-refractivity contribution in [3.8, 4) is 0 Å². The van der Waals surface area contributed by atoms with Crippen LogP contribution in [0.3, 0.4) is 0 Å². The van der Waals surface area contributed by atoms with Crippen molar-refractivity contribution in [1.82, 2.24) is 10.3 Å². The Labute approximate surface area is 107 Å². The number of fused-ring (bicyclic) bond motifs is 1. The van der Waals surface area contributed by atoms with Crippen molar-refractivity contribution < 1.29 is 0 Å². The summed E-state index contributed by atoms with van der Waals surface area (Å²) in [4.78, 5) is 4.13. The first-order valence-corrected chi connectivity index (χ1v) is 6.66. The maximum Gasteiger partial charge on any atom is 0.0427 e. The molecule has 0 radical (unpaired) electrons. The minimum absolute atomic E-state index is 0.723. The van der Waals surface area contributed by atoms with Gasteiger partial charge in [-0.25, -0.2) is 0 Å². The Bertz CT molecular complexity index is 544. The van der Waals surface area contributed by atoms with Gasteiger partial charge in [0.25, 0.3) is 0 Å².